The molecule has 1 aromatic rings. The fourth-order valence-corrected chi connectivity index (χ4v) is 1.73. The van der Waals surface area contributed by atoms with Gasteiger partial charge in [0.2, 0.25) is 0 Å². The number of carbonyl (C=O) groups excluding carboxylic acids is 1. The summed E-state index contributed by atoms with van der Waals surface area (Å²) in [5.74, 6) is -0.554. The largest absolute Gasteiger partial charge is 0.466 e. The van der Waals surface area contributed by atoms with Crippen LogP contribution in [-0.4, -0.2) is 17.6 Å². The van der Waals surface area contributed by atoms with Gasteiger partial charge >= 0.3 is 5.97 Å². The zero-order valence-electron chi connectivity index (χ0n) is 9.75. The van der Waals surface area contributed by atoms with E-state index < -0.39 is 18.1 Å². The third-order valence-electron chi connectivity index (χ3n) is 2.22. The van der Waals surface area contributed by atoms with Crippen LogP contribution in [0.15, 0.2) is 6.07 Å². The van der Waals surface area contributed by atoms with Crippen LogP contribution in [0.1, 0.15) is 30.3 Å². The Morgan fingerprint density at radius 3 is 2.78 bits per heavy atom. The zero-order valence-corrected chi connectivity index (χ0v) is 10.5. The number of nitrogens with two attached hydrogens (primary N) is 1. The molecule has 18 heavy (non-hydrogen) atoms. The Morgan fingerprint density at radius 1 is 1.61 bits per heavy atom. The number of hydrogen-bond donors (Lipinski definition) is 1. The van der Waals surface area contributed by atoms with Gasteiger partial charge in [0, 0.05) is 17.1 Å². The molecule has 0 bridgehead atoms. The number of halogens is 3. The molecule has 0 saturated carbocycles. The van der Waals surface area contributed by atoms with Crippen molar-refractivity contribution in [2.24, 2.45) is 5.73 Å². The first-order chi connectivity index (χ1) is 8.49. The van der Waals surface area contributed by atoms with Crippen LogP contribution >= 0.6 is 11.6 Å². The average molecular weight is 279 g/mol. The number of pyridine rings is 1. The van der Waals surface area contributed by atoms with Crippen LogP contribution in [0.2, 0.25) is 5.02 Å². The number of ether oxygens (including phenoxy) is 1. The number of carbonyl (C=O) groups is 1. The Morgan fingerprint density at radius 2 is 2.28 bits per heavy atom. The fourth-order valence-electron chi connectivity index (χ4n) is 1.43. The Kier molecular flexibility index (Phi) is 5.43. The molecule has 2 N–H and O–H groups in total. The van der Waals surface area contributed by atoms with Crippen LogP contribution in [0, 0.1) is 0 Å². The number of nitrogens with zero attached hydrogens (tertiary/aromatic N) is 1. The first-order valence-corrected chi connectivity index (χ1v) is 5.69. The molecule has 0 spiro atoms. The van der Waals surface area contributed by atoms with E-state index >= 15 is 0 Å². The number of esters is 1. The molecule has 0 radical (unpaired) electrons. The molecule has 0 unspecified atom stereocenters. The highest BCUT2D eigenvalue weighted by atomic mass is 35.5. The molecule has 1 rings (SSSR count). The summed E-state index contributed by atoms with van der Waals surface area (Å²) in [5, 5.41) is 0.0853. The molecule has 1 aromatic heterocycles. The van der Waals surface area contributed by atoms with Gasteiger partial charge in [0.1, 0.15) is 5.69 Å². The minimum absolute atomic E-state index is 0.0179. The van der Waals surface area contributed by atoms with Gasteiger partial charge in [0.25, 0.3) is 6.43 Å². The van der Waals surface area contributed by atoms with Crippen LogP contribution in [0.3, 0.4) is 0 Å². The lowest BCUT2D eigenvalue weighted by molar-refractivity contribution is -0.142. The summed E-state index contributed by atoms with van der Waals surface area (Å²) in [6.45, 7) is 1.88. The molecular weight excluding hydrogens is 266 g/mol. The maximum atomic E-state index is 12.6. The van der Waals surface area contributed by atoms with E-state index in [1.165, 1.54) is 0 Å². The molecular formula is C11H13ClF2N2O2. The van der Waals surface area contributed by atoms with Crippen molar-refractivity contribution < 1.29 is 18.3 Å². The van der Waals surface area contributed by atoms with Gasteiger partial charge in [-0.2, -0.15) is 0 Å². The number of alkyl halides is 2. The summed E-state index contributed by atoms with van der Waals surface area (Å²) in [6.07, 6.45) is -2.98. The Balaban J connectivity index is 3.10. The third-order valence-corrected chi connectivity index (χ3v) is 2.56. The molecule has 4 nitrogen and oxygen atoms in total. The van der Waals surface area contributed by atoms with Crippen molar-refractivity contribution in [3.63, 3.8) is 0 Å². The van der Waals surface area contributed by atoms with Crippen molar-refractivity contribution in [1.29, 1.82) is 0 Å². The molecule has 0 saturated heterocycles. The minimum atomic E-state index is -2.75. The van der Waals surface area contributed by atoms with Gasteiger partial charge in [-0.05, 0) is 13.0 Å². The van der Waals surface area contributed by atoms with E-state index in [9.17, 15) is 13.6 Å². The molecule has 0 amide bonds. The average Bonchev–Trinajstić information content (AvgIpc) is 2.28. The zero-order chi connectivity index (χ0) is 13.7. The van der Waals surface area contributed by atoms with E-state index in [0.717, 1.165) is 6.07 Å². The SMILES string of the molecule is CCOC(=O)Cc1nc(C(F)F)cc(Cl)c1CN. The fraction of sp³-hybridized carbons (Fsp3) is 0.455. The molecule has 100 valence electrons. The lowest BCUT2D eigenvalue weighted by Crippen LogP contribution is -2.14. The summed E-state index contributed by atoms with van der Waals surface area (Å²) in [6, 6.07) is 1.06. The van der Waals surface area contributed by atoms with Crippen molar-refractivity contribution in [2.45, 2.75) is 26.3 Å². The normalized spacial score (nSPS) is 10.8. The summed E-state index contributed by atoms with van der Waals surface area (Å²) < 4.78 is 29.9. The van der Waals surface area contributed by atoms with Gasteiger partial charge in [0.15, 0.2) is 0 Å². The number of rotatable bonds is 5. The van der Waals surface area contributed by atoms with E-state index in [4.69, 9.17) is 22.1 Å². The predicted molar refractivity (Wildman–Crippen MR) is 62.4 cm³/mol. The highest BCUT2D eigenvalue weighted by Crippen LogP contribution is 2.25. The van der Waals surface area contributed by atoms with Gasteiger partial charge in [0.05, 0.1) is 18.7 Å². The Labute approximate surface area is 108 Å². The lowest BCUT2D eigenvalue weighted by atomic mass is 10.1. The van der Waals surface area contributed by atoms with Crippen LogP contribution in [0.5, 0.6) is 0 Å². The standard InChI is InChI=1S/C11H13ClF2N2O2/c1-2-18-10(17)4-8-6(5-15)7(12)3-9(16-8)11(13)14/h3,11H,2,4-5,15H2,1H3. The van der Waals surface area contributed by atoms with Crippen molar-refractivity contribution in [3.8, 4) is 0 Å². The molecule has 0 aliphatic carbocycles. The van der Waals surface area contributed by atoms with E-state index in [1.807, 2.05) is 0 Å². The first kappa shape index (κ1) is 14.8. The van der Waals surface area contributed by atoms with Crippen molar-refractivity contribution in [2.75, 3.05) is 6.61 Å². The highest BCUT2D eigenvalue weighted by Gasteiger charge is 2.18. The second kappa shape index (κ2) is 6.61. The van der Waals surface area contributed by atoms with Gasteiger partial charge in [-0.25, -0.2) is 8.78 Å². The van der Waals surface area contributed by atoms with E-state index in [2.05, 4.69) is 4.98 Å². The predicted octanol–water partition coefficient (Wildman–Crippen LogP) is 2.24. The monoisotopic (exact) mass is 278 g/mol. The summed E-state index contributed by atoms with van der Waals surface area (Å²) in [4.78, 5) is 15.1. The minimum Gasteiger partial charge on any atom is -0.466 e. The van der Waals surface area contributed by atoms with E-state index in [-0.39, 0.29) is 30.3 Å². The molecule has 7 heteroatoms. The summed E-state index contributed by atoms with van der Waals surface area (Å²) in [7, 11) is 0. The lowest BCUT2D eigenvalue weighted by Gasteiger charge is -2.11. The van der Waals surface area contributed by atoms with Crippen molar-refractivity contribution in [1.82, 2.24) is 4.98 Å². The number of aromatic nitrogens is 1. The number of hydrogen-bond acceptors (Lipinski definition) is 4. The maximum absolute atomic E-state index is 12.6. The first-order valence-electron chi connectivity index (χ1n) is 5.31. The second-order valence-corrected chi connectivity index (χ2v) is 3.85. The van der Waals surface area contributed by atoms with Gasteiger partial charge < -0.3 is 10.5 Å². The molecule has 0 aliphatic rings. The van der Waals surface area contributed by atoms with Crippen LogP contribution < -0.4 is 5.73 Å². The van der Waals surface area contributed by atoms with Gasteiger partial charge in [-0.3, -0.25) is 9.78 Å². The molecule has 0 fully saturated rings. The summed E-state index contributed by atoms with van der Waals surface area (Å²) >= 11 is 5.83. The van der Waals surface area contributed by atoms with E-state index in [0.29, 0.717) is 5.56 Å². The van der Waals surface area contributed by atoms with Crippen LogP contribution in [0.25, 0.3) is 0 Å². The van der Waals surface area contributed by atoms with Crippen LogP contribution in [-0.2, 0) is 22.5 Å². The molecule has 0 aliphatic heterocycles. The van der Waals surface area contributed by atoms with E-state index in [1.54, 1.807) is 6.92 Å². The van der Waals surface area contributed by atoms with Gasteiger partial charge in [-0.1, -0.05) is 11.6 Å². The topological polar surface area (TPSA) is 65.2 Å². The Bertz CT molecular complexity index is 441. The van der Waals surface area contributed by atoms with Crippen LogP contribution in [0.4, 0.5) is 8.78 Å². The molecule has 1 heterocycles. The highest BCUT2D eigenvalue weighted by molar-refractivity contribution is 6.31. The maximum Gasteiger partial charge on any atom is 0.311 e. The summed E-state index contributed by atoms with van der Waals surface area (Å²) in [5.41, 5.74) is 5.51. The quantitative estimate of drug-likeness (QED) is 0.839. The molecule has 0 atom stereocenters. The molecule has 0 aromatic carbocycles. The smallest absolute Gasteiger partial charge is 0.311 e. The van der Waals surface area contributed by atoms with Crippen molar-refractivity contribution in [3.05, 3.63) is 28.0 Å². The Hall–Kier alpha value is -1.27. The van der Waals surface area contributed by atoms with Crippen molar-refractivity contribution >= 4 is 17.6 Å². The second-order valence-electron chi connectivity index (χ2n) is 3.44. The van der Waals surface area contributed by atoms with Gasteiger partial charge in [-0.15, -0.1) is 0 Å². The third kappa shape index (κ3) is 3.61.